The van der Waals surface area contributed by atoms with E-state index < -0.39 is 0 Å². The second-order valence-electron chi connectivity index (χ2n) is 3.62. The van der Waals surface area contributed by atoms with Gasteiger partial charge >= 0.3 is 0 Å². The van der Waals surface area contributed by atoms with Crippen molar-refractivity contribution in [1.82, 2.24) is 20.5 Å². The van der Waals surface area contributed by atoms with E-state index in [1.54, 1.807) is 19.1 Å². The number of H-pyrrole nitrogens is 1. The van der Waals surface area contributed by atoms with E-state index >= 15 is 0 Å². The van der Waals surface area contributed by atoms with Gasteiger partial charge in [-0.05, 0) is 24.1 Å². The van der Waals surface area contributed by atoms with E-state index in [9.17, 15) is 4.39 Å². The molecule has 0 aliphatic carbocycles. The van der Waals surface area contributed by atoms with Gasteiger partial charge in [-0.15, -0.1) is 0 Å². The molecule has 2 rings (SSSR count). The number of nitrogens with zero attached hydrogens (tertiary/aromatic N) is 2. The Labute approximate surface area is 92.9 Å². The fourth-order valence-corrected chi connectivity index (χ4v) is 1.39. The first-order chi connectivity index (χ1) is 7.75. The molecule has 0 saturated heterocycles. The lowest BCUT2D eigenvalue weighted by Gasteiger charge is -2.04. The lowest BCUT2D eigenvalue weighted by molar-refractivity contribution is 0.609. The van der Waals surface area contributed by atoms with Crippen LogP contribution in [0.25, 0.3) is 0 Å². The number of hydrogen-bond donors (Lipinski definition) is 2. The van der Waals surface area contributed by atoms with E-state index in [-0.39, 0.29) is 5.82 Å². The fraction of sp³-hybridized carbons (Fsp3) is 0.273. The fourth-order valence-electron chi connectivity index (χ4n) is 1.39. The van der Waals surface area contributed by atoms with Crippen LogP contribution in [0.1, 0.15) is 17.0 Å². The molecule has 1 aromatic carbocycles. The minimum atomic E-state index is -0.168. The van der Waals surface area contributed by atoms with E-state index in [1.165, 1.54) is 6.33 Å². The zero-order valence-electron chi connectivity index (χ0n) is 9.00. The van der Waals surface area contributed by atoms with Gasteiger partial charge in [-0.2, -0.15) is 5.10 Å². The van der Waals surface area contributed by atoms with E-state index in [0.717, 1.165) is 11.4 Å². The van der Waals surface area contributed by atoms with Crippen molar-refractivity contribution in [3.05, 3.63) is 47.3 Å². The van der Waals surface area contributed by atoms with Crippen molar-refractivity contribution in [2.45, 2.75) is 20.0 Å². The van der Waals surface area contributed by atoms with Crippen molar-refractivity contribution in [3.63, 3.8) is 0 Å². The van der Waals surface area contributed by atoms with E-state index in [4.69, 9.17) is 0 Å². The average molecular weight is 220 g/mol. The van der Waals surface area contributed by atoms with Gasteiger partial charge in [0, 0.05) is 6.54 Å². The minimum absolute atomic E-state index is 0.168. The van der Waals surface area contributed by atoms with Crippen LogP contribution in [0.4, 0.5) is 4.39 Å². The third kappa shape index (κ3) is 2.64. The highest BCUT2D eigenvalue weighted by molar-refractivity contribution is 5.23. The molecule has 2 aromatic rings. The maximum absolute atomic E-state index is 13.2. The second-order valence-corrected chi connectivity index (χ2v) is 3.62. The summed E-state index contributed by atoms with van der Waals surface area (Å²) in [6.45, 7) is 2.95. The Hall–Kier alpha value is -1.75. The lowest BCUT2D eigenvalue weighted by atomic mass is 10.1. The largest absolute Gasteiger partial charge is 0.306 e. The van der Waals surface area contributed by atoms with Crippen LogP contribution in [0.5, 0.6) is 0 Å². The molecule has 0 spiro atoms. The summed E-state index contributed by atoms with van der Waals surface area (Å²) < 4.78 is 13.2. The summed E-state index contributed by atoms with van der Waals surface area (Å²) >= 11 is 0. The van der Waals surface area contributed by atoms with Gasteiger partial charge in [0.05, 0.1) is 6.54 Å². The molecule has 84 valence electrons. The monoisotopic (exact) mass is 220 g/mol. The number of halogens is 1. The van der Waals surface area contributed by atoms with Crippen LogP contribution >= 0.6 is 0 Å². The van der Waals surface area contributed by atoms with Gasteiger partial charge in [0.1, 0.15) is 18.0 Å². The van der Waals surface area contributed by atoms with Gasteiger partial charge < -0.3 is 5.32 Å². The molecule has 2 N–H and O–H groups in total. The zero-order chi connectivity index (χ0) is 11.4. The lowest BCUT2D eigenvalue weighted by Crippen LogP contribution is -2.13. The zero-order valence-corrected chi connectivity index (χ0v) is 9.00. The van der Waals surface area contributed by atoms with Crippen molar-refractivity contribution >= 4 is 0 Å². The Balaban J connectivity index is 1.87. The average Bonchev–Trinajstić information content (AvgIpc) is 2.76. The maximum atomic E-state index is 13.2. The Bertz CT molecular complexity index is 453. The SMILES string of the molecule is Cc1ccc(CNCc2ncn[nH]2)cc1F. The molecule has 0 atom stereocenters. The molecule has 0 amide bonds. The highest BCUT2D eigenvalue weighted by Gasteiger charge is 2.00. The molecule has 0 aliphatic heterocycles. The van der Waals surface area contributed by atoms with Crippen molar-refractivity contribution in [2.24, 2.45) is 0 Å². The summed E-state index contributed by atoms with van der Waals surface area (Å²) in [7, 11) is 0. The summed E-state index contributed by atoms with van der Waals surface area (Å²) in [5.74, 6) is 0.603. The Morgan fingerprint density at radius 3 is 2.94 bits per heavy atom. The topological polar surface area (TPSA) is 53.6 Å². The Kier molecular flexibility index (Phi) is 3.26. The molecule has 4 nitrogen and oxygen atoms in total. The molecular weight excluding hydrogens is 207 g/mol. The van der Waals surface area contributed by atoms with E-state index in [2.05, 4.69) is 20.5 Å². The van der Waals surface area contributed by atoms with Crippen molar-refractivity contribution < 1.29 is 4.39 Å². The standard InChI is InChI=1S/C11H13FN4/c1-8-2-3-9(4-10(8)12)5-13-6-11-14-7-15-16-11/h2-4,7,13H,5-6H2,1H3,(H,14,15,16). The molecule has 0 aliphatic rings. The predicted molar refractivity (Wildman–Crippen MR) is 58.1 cm³/mol. The first-order valence-electron chi connectivity index (χ1n) is 5.05. The third-order valence-corrected chi connectivity index (χ3v) is 2.32. The van der Waals surface area contributed by atoms with Gasteiger partial charge in [-0.3, -0.25) is 5.10 Å². The molecule has 0 fully saturated rings. The Morgan fingerprint density at radius 1 is 1.38 bits per heavy atom. The number of aromatic amines is 1. The van der Waals surface area contributed by atoms with Gasteiger partial charge in [0.25, 0.3) is 0 Å². The number of nitrogens with one attached hydrogen (secondary N) is 2. The van der Waals surface area contributed by atoms with Crippen LogP contribution in [0, 0.1) is 12.7 Å². The van der Waals surface area contributed by atoms with Crippen LogP contribution in [-0.2, 0) is 13.1 Å². The van der Waals surface area contributed by atoms with E-state index in [1.807, 2.05) is 6.07 Å². The predicted octanol–water partition coefficient (Wildman–Crippen LogP) is 1.54. The van der Waals surface area contributed by atoms with Crippen LogP contribution in [0.3, 0.4) is 0 Å². The van der Waals surface area contributed by atoms with Crippen LogP contribution in [0.2, 0.25) is 0 Å². The molecular formula is C11H13FN4. The Morgan fingerprint density at radius 2 is 2.25 bits per heavy atom. The summed E-state index contributed by atoms with van der Waals surface area (Å²) in [5.41, 5.74) is 1.58. The molecule has 5 heteroatoms. The highest BCUT2D eigenvalue weighted by atomic mass is 19.1. The number of benzene rings is 1. The van der Waals surface area contributed by atoms with Crippen molar-refractivity contribution in [1.29, 1.82) is 0 Å². The van der Waals surface area contributed by atoms with Crippen LogP contribution in [0.15, 0.2) is 24.5 Å². The van der Waals surface area contributed by atoms with Gasteiger partial charge in [-0.25, -0.2) is 9.37 Å². The summed E-state index contributed by atoms with van der Waals surface area (Å²) in [4.78, 5) is 3.98. The van der Waals surface area contributed by atoms with Crippen LogP contribution < -0.4 is 5.32 Å². The van der Waals surface area contributed by atoms with Gasteiger partial charge in [-0.1, -0.05) is 12.1 Å². The number of hydrogen-bond acceptors (Lipinski definition) is 3. The quantitative estimate of drug-likeness (QED) is 0.821. The van der Waals surface area contributed by atoms with Gasteiger partial charge in [0.2, 0.25) is 0 Å². The number of aryl methyl sites for hydroxylation is 1. The molecule has 0 saturated carbocycles. The highest BCUT2D eigenvalue weighted by Crippen LogP contribution is 2.08. The third-order valence-electron chi connectivity index (χ3n) is 2.32. The molecule has 0 bridgehead atoms. The first-order valence-corrected chi connectivity index (χ1v) is 5.05. The molecule has 0 unspecified atom stereocenters. The number of rotatable bonds is 4. The summed E-state index contributed by atoms with van der Waals surface area (Å²) in [6, 6.07) is 5.23. The molecule has 0 radical (unpaired) electrons. The molecule has 1 aromatic heterocycles. The minimum Gasteiger partial charge on any atom is -0.306 e. The van der Waals surface area contributed by atoms with Gasteiger partial charge in [0.15, 0.2) is 0 Å². The second kappa shape index (κ2) is 4.85. The smallest absolute Gasteiger partial charge is 0.138 e. The van der Waals surface area contributed by atoms with Crippen molar-refractivity contribution in [3.8, 4) is 0 Å². The normalized spacial score (nSPS) is 10.6. The van der Waals surface area contributed by atoms with E-state index in [0.29, 0.717) is 18.7 Å². The molecule has 16 heavy (non-hydrogen) atoms. The maximum Gasteiger partial charge on any atom is 0.138 e. The first kappa shape index (κ1) is 10.8. The molecule has 1 heterocycles. The summed E-state index contributed by atoms with van der Waals surface area (Å²) in [5, 5.41) is 9.63. The summed E-state index contributed by atoms with van der Waals surface area (Å²) in [6.07, 6.45) is 1.46. The number of aromatic nitrogens is 3. The van der Waals surface area contributed by atoms with Crippen LogP contribution in [-0.4, -0.2) is 15.2 Å². The van der Waals surface area contributed by atoms with Crippen molar-refractivity contribution in [2.75, 3.05) is 0 Å².